The molecule has 2 heterocycles. The Hall–Kier alpha value is -0.710. The molecule has 0 radical (unpaired) electrons. The molecule has 0 spiro atoms. The summed E-state index contributed by atoms with van der Waals surface area (Å²) in [4.78, 5) is 8.16. The van der Waals surface area contributed by atoms with Crippen LogP contribution in [0.25, 0.3) is 0 Å². The quantitative estimate of drug-likeness (QED) is 0.818. The number of halogens is 1. The Morgan fingerprint density at radius 2 is 2.35 bits per heavy atom. The number of hydrogen-bond donors (Lipinski definition) is 1. The third-order valence-electron chi connectivity index (χ3n) is 2.94. The molecule has 0 bridgehead atoms. The van der Waals surface area contributed by atoms with Crippen molar-refractivity contribution >= 4 is 12.4 Å². The maximum absolute atomic E-state index is 5.59. The van der Waals surface area contributed by atoms with Crippen LogP contribution in [0.4, 0.5) is 0 Å². The van der Waals surface area contributed by atoms with Crippen molar-refractivity contribution in [1.29, 1.82) is 0 Å². The highest BCUT2D eigenvalue weighted by Gasteiger charge is 2.12. The number of piperidine rings is 1. The lowest BCUT2D eigenvalue weighted by molar-refractivity contribution is 0.101. The summed E-state index contributed by atoms with van der Waals surface area (Å²) in [5, 5.41) is 3.42. The van der Waals surface area contributed by atoms with Gasteiger partial charge in [-0.25, -0.2) is 0 Å². The number of aromatic nitrogens is 2. The first-order valence-corrected chi connectivity index (χ1v) is 5.98. The van der Waals surface area contributed by atoms with Crippen molar-refractivity contribution in [2.75, 3.05) is 19.7 Å². The molecule has 96 valence electrons. The Balaban J connectivity index is 0.00000144. The van der Waals surface area contributed by atoms with Crippen LogP contribution in [0.2, 0.25) is 0 Å². The van der Waals surface area contributed by atoms with Crippen LogP contribution < -0.4 is 5.32 Å². The Kier molecular flexibility index (Phi) is 7.08. The number of rotatable bonds is 5. The van der Waals surface area contributed by atoms with E-state index in [9.17, 15) is 0 Å². The van der Waals surface area contributed by atoms with E-state index in [1.165, 1.54) is 19.4 Å². The third-order valence-corrected chi connectivity index (χ3v) is 2.94. The van der Waals surface area contributed by atoms with Crippen molar-refractivity contribution in [3.8, 4) is 0 Å². The zero-order chi connectivity index (χ0) is 11.1. The highest BCUT2D eigenvalue weighted by Crippen LogP contribution is 2.13. The van der Waals surface area contributed by atoms with E-state index in [1.54, 1.807) is 18.6 Å². The van der Waals surface area contributed by atoms with Gasteiger partial charge in [-0.3, -0.25) is 9.97 Å². The molecule has 0 aliphatic carbocycles. The molecule has 1 aliphatic rings. The SMILES string of the molecule is Cl.c1cnc(COCCC2CCCNC2)cn1. The molecule has 1 aromatic heterocycles. The molecular formula is C12H20ClN3O. The lowest BCUT2D eigenvalue weighted by Gasteiger charge is -2.22. The van der Waals surface area contributed by atoms with Crippen molar-refractivity contribution in [3.05, 3.63) is 24.3 Å². The van der Waals surface area contributed by atoms with Gasteiger partial charge in [0, 0.05) is 19.0 Å². The first-order valence-electron chi connectivity index (χ1n) is 5.98. The average Bonchev–Trinajstić information content (AvgIpc) is 2.37. The summed E-state index contributed by atoms with van der Waals surface area (Å²) in [6.07, 6.45) is 8.91. The molecule has 1 N–H and O–H groups in total. The van der Waals surface area contributed by atoms with Crippen LogP contribution >= 0.6 is 12.4 Å². The van der Waals surface area contributed by atoms with Gasteiger partial charge in [-0.1, -0.05) is 0 Å². The zero-order valence-corrected chi connectivity index (χ0v) is 10.8. The van der Waals surface area contributed by atoms with Crippen LogP contribution in [0.3, 0.4) is 0 Å². The lowest BCUT2D eigenvalue weighted by atomic mass is 9.97. The molecule has 17 heavy (non-hydrogen) atoms. The molecule has 1 unspecified atom stereocenters. The summed E-state index contributed by atoms with van der Waals surface area (Å²) in [7, 11) is 0. The second-order valence-electron chi connectivity index (χ2n) is 4.25. The summed E-state index contributed by atoms with van der Waals surface area (Å²) >= 11 is 0. The highest BCUT2D eigenvalue weighted by molar-refractivity contribution is 5.85. The minimum Gasteiger partial charge on any atom is -0.375 e. The first kappa shape index (κ1) is 14.4. The second-order valence-corrected chi connectivity index (χ2v) is 4.25. The lowest BCUT2D eigenvalue weighted by Crippen LogP contribution is -2.30. The normalized spacial score (nSPS) is 19.6. The van der Waals surface area contributed by atoms with Gasteiger partial charge in [-0.05, 0) is 38.3 Å². The van der Waals surface area contributed by atoms with Crippen LogP contribution in [0.5, 0.6) is 0 Å². The largest absolute Gasteiger partial charge is 0.375 e. The molecule has 5 heteroatoms. The molecule has 0 aromatic carbocycles. The van der Waals surface area contributed by atoms with Gasteiger partial charge in [0.25, 0.3) is 0 Å². The monoisotopic (exact) mass is 257 g/mol. The van der Waals surface area contributed by atoms with Gasteiger partial charge >= 0.3 is 0 Å². The smallest absolute Gasteiger partial charge is 0.0903 e. The van der Waals surface area contributed by atoms with Crippen LogP contribution in [-0.2, 0) is 11.3 Å². The van der Waals surface area contributed by atoms with Gasteiger partial charge in [-0.2, -0.15) is 0 Å². The van der Waals surface area contributed by atoms with E-state index in [0.29, 0.717) is 6.61 Å². The van der Waals surface area contributed by atoms with E-state index < -0.39 is 0 Å². The first-order chi connectivity index (χ1) is 7.95. The molecular weight excluding hydrogens is 238 g/mol. The van der Waals surface area contributed by atoms with Gasteiger partial charge in [0.15, 0.2) is 0 Å². The van der Waals surface area contributed by atoms with E-state index >= 15 is 0 Å². The topological polar surface area (TPSA) is 47.0 Å². The zero-order valence-electron chi connectivity index (χ0n) is 9.97. The highest BCUT2D eigenvalue weighted by atomic mass is 35.5. The standard InChI is InChI=1S/C12H19N3O.ClH/c1-2-11(8-13-4-1)3-7-16-10-12-9-14-5-6-15-12;/h5-6,9,11,13H,1-4,7-8,10H2;1H. The molecule has 4 nitrogen and oxygen atoms in total. The van der Waals surface area contributed by atoms with Crippen LogP contribution in [0.1, 0.15) is 25.0 Å². The van der Waals surface area contributed by atoms with Gasteiger partial charge in [-0.15, -0.1) is 12.4 Å². The van der Waals surface area contributed by atoms with Crippen LogP contribution in [0.15, 0.2) is 18.6 Å². The summed E-state index contributed by atoms with van der Waals surface area (Å²) in [5.41, 5.74) is 0.907. The Labute approximate surface area is 109 Å². The molecule has 2 rings (SSSR count). The third kappa shape index (κ3) is 5.44. The van der Waals surface area contributed by atoms with Crippen LogP contribution in [-0.4, -0.2) is 29.7 Å². The number of hydrogen-bond acceptors (Lipinski definition) is 4. The van der Waals surface area contributed by atoms with E-state index in [2.05, 4.69) is 15.3 Å². The molecule has 1 saturated heterocycles. The van der Waals surface area contributed by atoms with Crippen LogP contribution in [0, 0.1) is 5.92 Å². The maximum atomic E-state index is 5.59. The minimum absolute atomic E-state index is 0. The van der Waals surface area contributed by atoms with Gasteiger partial charge in [0.1, 0.15) is 0 Å². The Morgan fingerprint density at radius 3 is 3.06 bits per heavy atom. The van der Waals surface area contributed by atoms with Crippen molar-refractivity contribution in [2.24, 2.45) is 5.92 Å². The van der Waals surface area contributed by atoms with E-state index in [-0.39, 0.29) is 12.4 Å². The van der Waals surface area contributed by atoms with Crippen molar-refractivity contribution < 1.29 is 4.74 Å². The molecule has 1 aliphatic heterocycles. The average molecular weight is 258 g/mol. The summed E-state index contributed by atoms with van der Waals surface area (Å²) in [6.45, 7) is 3.72. The fourth-order valence-electron chi connectivity index (χ4n) is 2.00. The van der Waals surface area contributed by atoms with E-state index in [0.717, 1.165) is 31.2 Å². The van der Waals surface area contributed by atoms with Crippen molar-refractivity contribution in [2.45, 2.75) is 25.9 Å². The van der Waals surface area contributed by atoms with Gasteiger partial charge in [0.2, 0.25) is 0 Å². The number of nitrogens with zero attached hydrogens (tertiary/aromatic N) is 2. The van der Waals surface area contributed by atoms with E-state index in [1.807, 2.05) is 0 Å². The molecule has 1 fully saturated rings. The fourth-order valence-corrected chi connectivity index (χ4v) is 2.00. The second kappa shape index (κ2) is 8.39. The van der Waals surface area contributed by atoms with Crippen molar-refractivity contribution in [3.63, 3.8) is 0 Å². The Morgan fingerprint density at radius 1 is 1.41 bits per heavy atom. The number of ether oxygens (including phenoxy) is 1. The summed E-state index contributed by atoms with van der Waals surface area (Å²) in [6, 6.07) is 0. The predicted molar refractivity (Wildman–Crippen MR) is 69.1 cm³/mol. The summed E-state index contributed by atoms with van der Waals surface area (Å²) < 4.78 is 5.59. The van der Waals surface area contributed by atoms with Gasteiger partial charge < -0.3 is 10.1 Å². The molecule has 1 aromatic rings. The Bertz CT molecular complexity index is 291. The van der Waals surface area contributed by atoms with E-state index in [4.69, 9.17) is 4.74 Å². The predicted octanol–water partition coefficient (Wildman–Crippen LogP) is 1.80. The fraction of sp³-hybridized carbons (Fsp3) is 0.667. The van der Waals surface area contributed by atoms with Gasteiger partial charge in [0.05, 0.1) is 18.5 Å². The molecule has 0 amide bonds. The summed E-state index contributed by atoms with van der Waals surface area (Å²) in [5.74, 6) is 0.788. The molecule has 0 saturated carbocycles. The molecule has 1 atom stereocenters. The van der Waals surface area contributed by atoms with Crippen molar-refractivity contribution in [1.82, 2.24) is 15.3 Å². The number of nitrogens with one attached hydrogen (secondary N) is 1. The maximum Gasteiger partial charge on any atom is 0.0903 e. The minimum atomic E-state index is 0.